The van der Waals surface area contributed by atoms with Crippen molar-refractivity contribution in [2.45, 2.75) is 26.2 Å². The van der Waals surface area contributed by atoms with Crippen LogP contribution in [0.4, 0.5) is 10.8 Å². The Labute approximate surface area is 132 Å². The van der Waals surface area contributed by atoms with Crippen molar-refractivity contribution in [2.24, 2.45) is 0 Å². The van der Waals surface area contributed by atoms with E-state index in [0.29, 0.717) is 29.3 Å². The van der Waals surface area contributed by atoms with Gasteiger partial charge in [0.25, 0.3) is 5.91 Å². The predicted molar refractivity (Wildman–Crippen MR) is 85.3 cm³/mol. The van der Waals surface area contributed by atoms with Crippen LogP contribution in [0, 0.1) is 0 Å². The molecule has 22 heavy (non-hydrogen) atoms. The Kier molecular flexibility index (Phi) is 4.15. The van der Waals surface area contributed by atoms with E-state index < -0.39 is 0 Å². The van der Waals surface area contributed by atoms with Crippen LogP contribution in [0.5, 0.6) is 0 Å². The number of aryl methyl sites for hydroxylation is 1. The van der Waals surface area contributed by atoms with Crippen LogP contribution in [0.25, 0.3) is 0 Å². The van der Waals surface area contributed by atoms with Crippen LogP contribution in [-0.4, -0.2) is 28.6 Å². The first kappa shape index (κ1) is 14.6. The highest BCUT2D eigenvalue weighted by atomic mass is 32.1. The summed E-state index contributed by atoms with van der Waals surface area (Å²) in [6.07, 6.45) is 2.14. The molecule has 0 aliphatic carbocycles. The smallest absolute Gasteiger partial charge is 0.259 e. The molecule has 0 saturated carbocycles. The number of aromatic nitrogens is 2. The molecule has 1 aliphatic rings. The number of carbonyl (C=O) groups excluding carboxylic acids is 2. The fraction of sp³-hybridized carbons (Fsp3) is 0.333. The number of hydrogen-bond donors (Lipinski definition) is 1. The molecule has 1 aromatic carbocycles. The summed E-state index contributed by atoms with van der Waals surface area (Å²) in [4.78, 5) is 26.1. The van der Waals surface area contributed by atoms with Crippen molar-refractivity contribution in [1.29, 1.82) is 0 Å². The van der Waals surface area contributed by atoms with Crippen molar-refractivity contribution in [2.75, 3.05) is 16.8 Å². The summed E-state index contributed by atoms with van der Waals surface area (Å²) in [5.74, 6) is -0.210. The van der Waals surface area contributed by atoms with Crippen LogP contribution in [-0.2, 0) is 11.2 Å². The van der Waals surface area contributed by atoms with Crippen molar-refractivity contribution in [3.05, 3.63) is 34.8 Å². The molecule has 1 aromatic heterocycles. The number of amides is 2. The lowest BCUT2D eigenvalue weighted by Gasteiger charge is -2.18. The highest BCUT2D eigenvalue weighted by Gasteiger charge is 2.25. The van der Waals surface area contributed by atoms with Crippen LogP contribution in [0.3, 0.4) is 0 Å². The quantitative estimate of drug-likeness (QED) is 0.940. The number of anilines is 2. The average molecular weight is 316 g/mol. The Bertz CT molecular complexity index is 713. The zero-order valence-electron chi connectivity index (χ0n) is 12.2. The number of nitrogens with zero attached hydrogens (tertiary/aromatic N) is 3. The summed E-state index contributed by atoms with van der Waals surface area (Å²) in [5, 5.41) is 12.0. The van der Waals surface area contributed by atoms with E-state index in [2.05, 4.69) is 15.5 Å². The lowest BCUT2D eigenvalue weighted by atomic mass is 10.1. The minimum Gasteiger partial charge on any atom is -0.312 e. The first-order valence-corrected chi connectivity index (χ1v) is 8.04. The number of benzene rings is 1. The van der Waals surface area contributed by atoms with Crippen LogP contribution in [0.15, 0.2) is 24.3 Å². The van der Waals surface area contributed by atoms with Gasteiger partial charge in [-0.15, -0.1) is 10.2 Å². The lowest BCUT2D eigenvalue weighted by Crippen LogP contribution is -2.27. The fourth-order valence-corrected chi connectivity index (χ4v) is 3.09. The molecular formula is C15H16N4O2S. The van der Waals surface area contributed by atoms with Crippen LogP contribution >= 0.6 is 11.3 Å². The SMILES string of the molecule is CCc1nnc(NC(=O)c2ccccc2N2CCCC2=O)s1. The van der Waals surface area contributed by atoms with E-state index in [-0.39, 0.29) is 11.8 Å². The number of carbonyl (C=O) groups is 2. The number of para-hydroxylation sites is 1. The largest absolute Gasteiger partial charge is 0.312 e. The Morgan fingerprint density at radius 3 is 2.86 bits per heavy atom. The molecule has 0 unspecified atom stereocenters. The van der Waals surface area contributed by atoms with Crippen molar-refractivity contribution in [3.63, 3.8) is 0 Å². The average Bonchev–Trinajstić information content (AvgIpc) is 3.16. The molecule has 3 rings (SSSR count). The summed E-state index contributed by atoms with van der Waals surface area (Å²) in [7, 11) is 0. The molecule has 114 valence electrons. The predicted octanol–water partition coefficient (Wildman–Crippen LogP) is 2.48. The van der Waals surface area contributed by atoms with E-state index in [1.807, 2.05) is 13.0 Å². The summed E-state index contributed by atoms with van der Waals surface area (Å²) >= 11 is 1.36. The third kappa shape index (κ3) is 2.85. The molecule has 2 heterocycles. The van der Waals surface area contributed by atoms with Gasteiger partial charge in [0.2, 0.25) is 11.0 Å². The van der Waals surface area contributed by atoms with Gasteiger partial charge in [0.05, 0.1) is 11.3 Å². The van der Waals surface area contributed by atoms with Crippen LogP contribution < -0.4 is 10.2 Å². The summed E-state index contributed by atoms with van der Waals surface area (Å²) in [6, 6.07) is 7.14. The zero-order chi connectivity index (χ0) is 15.5. The summed E-state index contributed by atoms with van der Waals surface area (Å²) in [6.45, 7) is 2.64. The molecule has 1 aliphatic heterocycles. The number of hydrogen-bond acceptors (Lipinski definition) is 5. The Balaban J connectivity index is 1.84. The molecule has 2 amide bonds. The second kappa shape index (κ2) is 6.23. The number of rotatable bonds is 4. The first-order chi connectivity index (χ1) is 10.7. The number of nitrogens with one attached hydrogen (secondary N) is 1. The van der Waals surface area contributed by atoms with Crippen molar-refractivity contribution in [1.82, 2.24) is 10.2 Å². The molecule has 2 aromatic rings. The normalized spacial score (nSPS) is 14.4. The van der Waals surface area contributed by atoms with Crippen molar-refractivity contribution < 1.29 is 9.59 Å². The van der Waals surface area contributed by atoms with Gasteiger partial charge in [-0.2, -0.15) is 0 Å². The second-order valence-electron chi connectivity index (χ2n) is 4.97. The molecule has 0 atom stereocenters. The Morgan fingerprint density at radius 2 is 2.18 bits per heavy atom. The molecule has 1 saturated heterocycles. The van der Waals surface area contributed by atoms with E-state index in [1.165, 1.54) is 11.3 Å². The first-order valence-electron chi connectivity index (χ1n) is 7.22. The van der Waals surface area contributed by atoms with E-state index in [9.17, 15) is 9.59 Å². The summed E-state index contributed by atoms with van der Waals surface area (Å²) < 4.78 is 0. The van der Waals surface area contributed by atoms with E-state index in [1.54, 1.807) is 23.1 Å². The topological polar surface area (TPSA) is 75.2 Å². The van der Waals surface area contributed by atoms with Crippen LogP contribution in [0.1, 0.15) is 35.1 Å². The molecular weight excluding hydrogens is 300 g/mol. The zero-order valence-corrected chi connectivity index (χ0v) is 13.0. The van der Waals surface area contributed by atoms with Gasteiger partial charge < -0.3 is 4.90 Å². The molecule has 1 fully saturated rings. The second-order valence-corrected chi connectivity index (χ2v) is 6.04. The van der Waals surface area contributed by atoms with Gasteiger partial charge in [-0.1, -0.05) is 30.4 Å². The minimum absolute atomic E-state index is 0.0597. The lowest BCUT2D eigenvalue weighted by molar-refractivity contribution is -0.117. The highest BCUT2D eigenvalue weighted by molar-refractivity contribution is 7.15. The molecule has 7 heteroatoms. The maximum atomic E-state index is 12.5. The van der Waals surface area contributed by atoms with Gasteiger partial charge in [-0.25, -0.2) is 0 Å². The van der Waals surface area contributed by atoms with E-state index >= 15 is 0 Å². The molecule has 0 bridgehead atoms. The Hall–Kier alpha value is -2.28. The standard InChI is InChI=1S/C15H16N4O2S/c1-2-12-17-18-15(22-12)16-14(21)10-6-3-4-7-11(10)19-9-5-8-13(19)20/h3-4,6-7H,2,5,8-9H2,1H3,(H,16,18,21). The summed E-state index contributed by atoms with van der Waals surface area (Å²) in [5.41, 5.74) is 1.13. The molecule has 0 radical (unpaired) electrons. The van der Waals surface area contributed by atoms with Gasteiger partial charge in [0.1, 0.15) is 5.01 Å². The van der Waals surface area contributed by atoms with Crippen molar-refractivity contribution >= 4 is 34.0 Å². The van der Waals surface area contributed by atoms with Gasteiger partial charge >= 0.3 is 0 Å². The minimum atomic E-state index is -0.269. The van der Waals surface area contributed by atoms with Gasteiger partial charge in [-0.3, -0.25) is 14.9 Å². The molecule has 1 N–H and O–H groups in total. The van der Waals surface area contributed by atoms with Gasteiger partial charge in [-0.05, 0) is 25.0 Å². The monoisotopic (exact) mass is 316 g/mol. The highest BCUT2D eigenvalue weighted by Crippen LogP contribution is 2.26. The van der Waals surface area contributed by atoms with Gasteiger partial charge in [0, 0.05) is 13.0 Å². The third-order valence-electron chi connectivity index (χ3n) is 3.50. The molecule has 6 nitrogen and oxygen atoms in total. The maximum absolute atomic E-state index is 12.5. The van der Waals surface area contributed by atoms with Crippen molar-refractivity contribution in [3.8, 4) is 0 Å². The van der Waals surface area contributed by atoms with E-state index in [4.69, 9.17) is 0 Å². The van der Waals surface area contributed by atoms with Crippen LogP contribution in [0.2, 0.25) is 0 Å². The third-order valence-corrected chi connectivity index (χ3v) is 4.49. The van der Waals surface area contributed by atoms with E-state index in [0.717, 1.165) is 17.8 Å². The fourth-order valence-electron chi connectivity index (χ4n) is 2.42. The maximum Gasteiger partial charge on any atom is 0.259 e. The van der Waals surface area contributed by atoms with Gasteiger partial charge in [0.15, 0.2) is 0 Å². The Morgan fingerprint density at radius 1 is 1.36 bits per heavy atom. The molecule has 0 spiro atoms.